The number of likely N-dealkylation sites (tertiary alicyclic amines) is 1. The fourth-order valence-electron chi connectivity index (χ4n) is 2.53. The summed E-state index contributed by atoms with van der Waals surface area (Å²) in [5.74, 6) is 1.76. The number of rotatable bonds is 2. The normalized spacial score (nSPS) is 27.7. The summed E-state index contributed by atoms with van der Waals surface area (Å²) in [6.07, 6.45) is 1.22. The first-order valence-electron chi connectivity index (χ1n) is 5.77. The van der Waals surface area contributed by atoms with Crippen LogP contribution >= 0.6 is 34.7 Å². The zero-order valence-electron chi connectivity index (χ0n) is 9.65. The lowest BCUT2D eigenvalue weighted by molar-refractivity contribution is -0.141. The molecule has 2 aliphatic rings. The Kier molecular flexibility index (Phi) is 3.16. The second-order valence-electron chi connectivity index (χ2n) is 4.75. The first-order chi connectivity index (χ1) is 8.61. The van der Waals surface area contributed by atoms with Crippen molar-refractivity contribution in [3.8, 4) is 0 Å². The van der Waals surface area contributed by atoms with Gasteiger partial charge in [-0.1, -0.05) is 11.6 Å². The van der Waals surface area contributed by atoms with E-state index in [0.29, 0.717) is 17.3 Å². The molecular weight excluding hydrogens is 290 g/mol. The molecular formula is C12H12ClNO2S2. The zero-order chi connectivity index (χ0) is 12.8. The SMILES string of the molecule is O=C1CC2(CCSC2)C(=O)N1Cc1ccc(Cl)s1. The van der Waals surface area contributed by atoms with Crippen molar-refractivity contribution in [2.45, 2.75) is 19.4 Å². The van der Waals surface area contributed by atoms with E-state index in [1.165, 1.54) is 16.2 Å². The summed E-state index contributed by atoms with van der Waals surface area (Å²) in [5, 5.41) is 0. The van der Waals surface area contributed by atoms with Crippen LogP contribution in [0.3, 0.4) is 0 Å². The minimum atomic E-state index is -0.400. The molecule has 3 heterocycles. The highest BCUT2D eigenvalue weighted by atomic mass is 35.5. The number of nitrogens with zero attached hydrogens (tertiary/aromatic N) is 1. The van der Waals surface area contributed by atoms with Gasteiger partial charge >= 0.3 is 0 Å². The van der Waals surface area contributed by atoms with Gasteiger partial charge < -0.3 is 0 Å². The molecule has 1 atom stereocenters. The van der Waals surface area contributed by atoms with Crippen molar-refractivity contribution < 1.29 is 9.59 Å². The molecule has 1 unspecified atom stereocenters. The fourth-order valence-corrected chi connectivity index (χ4v) is 5.04. The average Bonchev–Trinajstić information content (AvgIpc) is 2.99. The Morgan fingerprint density at radius 1 is 1.39 bits per heavy atom. The number of carbonyl (C=O) groups excluding carboxylic acids is 2. The number of hydrogen-bond donors (Lipinski definition) is 0. The molecule has 2 amide bonds. The Morgan fingerprint density at radius 3 is 2.83 bits per heavy atom. The summed E-state index contributed by atoms with van der Waals surface area (Å²) in [6, 6.07) is 3.68. The van der Waals surface area contributed by atoms with Crippen molar-refractivity contribution in [1.29, 1.82) is 0 Å². The second kappa shape index (κ2) is 4.54. The fraction of sp³-hybridized carbons (Fsp3) is 0.500. The molecule has 18 heavy (non-hydrogen) atoms. The van der Waals surface area contributed by atoms with E-state index >= 15 is 0 Å². The molecule has 0 saturated carbocycles. The smallest absolute Gasteiger partial charge is 0.237 e. The van der Waals surface area contributed by atoms with Crippen LogP contribution in [0.25, 0.3) is 0 Å². The van der Waals surface area contributed by atoms with Crippen molar-refractivity contribution in [1.82, 2.24) is 4.90 Å². The Hall–Kier alpha value is -0.520. The average molecular weight is 302 g/mol. The highest BCUT2D eigenvalue weighted by molar-refractivity contribution is 7.99. The molecule has 0 aromatic carbocycles. The maximum atomic E-state index is 12.4. The van der Waals surface area contributed by atoms with E-state index in [1.807, 2.05) is 6.07 Å². The maximum Gasteiger partial charge on any atom is 0.237 e. The van der Waals surface area contributed by atoms with E-state index in [-0.39, 0.29) is 11.8 Å². The zero-order valence-corrected chi connectivity index (χ0v) is 12.0. The molecule has 3 rings (SSSR count). The minimum Gasteiger partial charge on any atom is -0.277 e. The van der Waals surface area contributed by atoms with Gasteiger partial charge in [0.1, 0.15) is 0 Å². The van der Waals surface area contributed by atoms with E-state index in [4.69, 9.17) is 11.6 Å². The van der Waals surface area contributed by atoms with Crippen LogP contribution in [0.2, 0.25) is 4.34 Å². The summed E-state index contributed by atoms with van der Waals surface area (Å²) in [7, 11) is 0. The van der Waals surface area contributed by atoms with Crippen LogP contribution in [0.4, 0.5) is 0 Å². The first kappa shape index (κ1) is 12.5. The molecule has 2 fully saturated rings. The Morgan fingerprint density at radius 2 is 2.22 bits per heavy atom. The molecule has 2 saturated heterocycles. The number of thioether (sulfide) groups is 1. The van der Waals surface area contributed by atoms with E-state index in [1.54, 1.807) is 17.8 Å². The lowest BCUT2D eigenvalue weighted by Gasteiger charge is -2.19. The number of amides is 2. The van der Waals surface area contributed by atoms with Crippen molar-refractivity contribution in [3.05, 3.63) is 21.3 Å². The van der Waals surface area contributed by atoms with Crippen LogP contribution in [0.5, 0.6) is 0 Å². The number of thiophene rings is 1. The maximum absolute atomic E-state index is 12.4. The molecule has 0 bridgehead atoms. The highest BCUT2D eigenvalue weighted by Crippen LogP contribution is 2.45. The highest BCUT2D eigenvalue weighted by Gasteiger charge is 2.52. The van der Waals surface area contributed by atoms with Gasteiger partial charge in [-0.15, -0.1) is 11.3 Å². The lowest BCUT2D eigenvalue weighted by Crippen LogP contribution is -2.35. The van der Waals surface area contributed by atoms with Crippen LogP contribution in [-0.4, -0.2) is 28.2 Å². The van der Waals surface area contributed by atoms with Crippen LogP contribution in [-0.2, 0) is 16.1 Å². The van der Waals surface area contributed by atoms with Crippen molar-refractivity contribution in [2.75, 3.05) is 11.5 Å². The topological polar surface area (TPSA) is 37.4 Å². The summed E-state index contributed by atoms with van der Waals surface area (Å²) >= 11 is 9.06. The molecule has 1 aromatic rings. The van der Waals surface area contributed by atoms with Crippen molar-refractivity contribution in [3.63, 3.8) is 0 Å². The predicted molar refractivity (Wildman–Crippen MR) is 73.9 cm³/mol. The third-order valence-corrected chi connectivity index (χ3v) is 6.00. The molecule has 1 aromatic heterocycles. The third-order valence-electron chi connectivity index (χ3n) is 3.54. The van der Waals surface area contributed by atoms with Gasteiger partial charge in [-0.05, 0) is 24.3 Å². The van der Waals surface area contributed by atoms with Crippen molar-refractivity contribution >= 4 is 46.5 Å². The summed E-state index contributed by atoms with van der Waals surface area (Å²) < 4.78 is 0.690. The Bertz CT molecular complexity index is 508. The Labute approximate surface area is 118 Å². The molecule has 0 N–H and O–H groups in total. The van der Waals surface area contributed by atoms with Crippen LogP contribution in [0.15, 0.2) is 12.1 Å². The molecule has 1 spiro atoms. The molecule has 96 valence electrons. The van der Waals surface area contributed by atoms with Gasteiger partial charge in [-0.25, -0.2) is 0 Å². The number of imide groups is 1. The van der Waals surface area contributed by atoms with E-state index in [2.05, 4.69) is 0 Å². The summed E-state index contributed by atoms with van der Waals surface area (Å²) in [5.41, 5.74) is -0.400. The van der Waals surface area contributed by atoms with Gasteiger partial charge in [0.15, 0.2) is 0 Å². The standard InChI is InChI=1S/C12H12ClNO2S2/c13-9-2-1-8(18-9)6-14-10(15)5-12(11(14)16)3-4-17-7-12/h1-2H,3-7H2. The quantitative estimate of drug-likeness (QED) is 0.788. The lowest BCUT2D eigenvalue weighted by atomic mass is 9.86. The summed E-state index contributed by atoms with van der Waals surface area (Å²) in [6.45, 7) is 0.376. The van der Waals surface area contributed by atoms with E-state index in [9.17, 15) is 9.59 Å². The van der Waals surface area contributed by atoms with Gasteiger partial charge in [-0.2, -0.15) is 11.8 Å². The molecule has 2 aliphatic heterocycles. The first-order valence-corrected chi connectivity index (χ1v) is 8.12. The van der Waals surface area contributed by atoms with Gasteiger partial charge in [0, 0.05) is 17.1 Å². The molecule has 0 radical (unpaired) electrons. The van der Waals surface area contributed by atoms with Crippen LogP contribution in [0, 0.1) is 5.41 Å². The third kappa shape index (κ3) is 1.98. The van der Waals surface area contributed by atoms with Gasteiger partial charge in [-0.3, -0.25) is 14.5 Å². The summed E-state index contributed by atoms with van der Waals surface area (Å²) in [4.78, 5) is 26.8. The van der Waals surface area contributed by atoms with Crippen LogP contribution in [0.1, 0.15) is 17.7 Å². The Balaban J connectivity index is 1.80. The molecule has 3 nitrogen and oxygen atoms in total. The molecule has 6 heteroatoms. The van der Waals surface area contributed by atoms with Gasteiger partial charge in [0.25, 0.3) is 0 Å². The largest absolute Gasteiger partial charge is 0.277 e. The molecule has 0 aliphatic carbocycles. The van der Waals surface area contributed by atoms with E-state index in [0.717, 1.165) is 22.8 Å². The number of hydrogen-bond acceptors (Lipinski definition) is 4. The minimum absolute atomic E-state index is 0.0158. The van der Waals surface area contributed by atoms with E-state index < -0.39 is 5.41 Å². The monoisotopic (exact) mass is 301 g/mol. The number of carbonyl (C=O) groups is 2. The van der Waals surface area contributed by atoms with Gasteiger partial charge in [0.05, 0.1) is 16.3 Å². The van der Waals surface area contributed by atoms with Gasteiger partial charge in [0.2, 0.25) is 11.8 Å². The number of halogens is 1. The second-order valence-corrected chi connectivity index (χ2v) is 7.66. The van der Waals surface area contributed by atoms with Crippen LogP contribution < -0.4 is 0 Å². The van der Waals surface area contributed by atoms with Crippen molar-refractivity contribution in [2.24, 2.45) is 5.41 Å². The predicted octanol–water partition coefficient (Wildman–Crippen LogP) is 2.78.